The van der Waals surface area contributed by atoms with Gasteiger partial charge in [0, 0.05) is 6.42 Å². The molecule has 0 aromatic heterocycles. The van der Waals surface area contributed by atoms with Crippen LogP contribution in [0.5, 0.6) is 0 Å². The van der Waals surface area contributed by atoms with Crippen LogP contribution in [0.3, 0.4) is 0 Å². The first-order chi connectivity index (χ1) is 16.6. The fraction of sp³-hybridized carbons (Fsp3) is 0.909. The molecular formula is C33H54O3. The number of carboxylic acid groups (broad SMARTS) is 1. The number of aliphatic hydroxyl groups excluding tert-OH is 1. The normalized spacial score (nSPS) is 48.6. The Morgan fingerprint density at radius 3 is 2.19 bits per heavy atom. The van der Waals surface area contributed by atoms with Gasteiger partial charge in [-0.2, -0.15) is 0 Å². The van der Waals surface area contributed by atoms with Crippen molar-refractivity contribution in [3.05, 3.63) is 11.1 Å². The molecule has 2 N–H and O–H groups in total. The Morgan fingerprint density at radius 1 is 0.861 bits per heavy atom. The molecule has 4 fully saturated rings. The van der Waals surface area contributed by atoms with Gasteiger partial charge in [-0.05, 0) is 121 Å². The van der Waals surface area contributed by atoms with Gasteiger partial charge in [-0.15, -0.1) is 0 Å². The lowest BCUT2D eigenvalue weighted by Gasteiger charge is -2.72. The fourth-order valence-corrected chi connectivity index (χ4v) is 11.9. The molecule has 0 aromatic rings. The van der Waals surface area contributed by atoms with Crippen molar-refractivity contribution in [2.24, 2.45) is 56.7 Å². The van der Waals surface area contributed by atoms with Crippen LogP contribution in [0.4, 0.5) is 0 Å². The molecule has 5 aliphatic carbocycles. The molecule has 5 aliphatic rings. The third-order valence-corrected chi connectivity index (χ3v) is 14.1. The average Bonchev–Trinajstić information content (AvgIpc) is 3.18. The maximum Gasteiger partial charge on any atom is 0.303 e. The highest BCUT2D eigenvalue weighted by atomic mass is 16.4. The predicted octanol–water partition coefficient (Wildman–Crippen LogP) is 8.26. The molecule has 36 heavy (non-hydrogen) atoms. The van der Waals surface area contributed by atoms with E-state index in [0.29, 0.717) is 40.9 Å². The van der Waals surface area contributed by atoms with Crippen molar-refractivity contribution in [2.45, 2.75) is 132 Å². The Hall–Kier alpha value is -0.830. The van der Waals surface area contributed by atoms with Crippen molar-refractivity contribution < 1.29 is 15.0 Å². The van der Waals surface area contributed by atoms with Crippen molar-refractivity contribution in [3.8, 4) is 0 Å². The van der Waals surface area contributed by atoms with Gasteiger partial charge in [-0.1, -0.05) is 66.5 Å². The van der Waals surface area contributed by atoms with E-state index in [0.717, 1.165) is 6.42 Å². The molecule has 204 valence electrons. The molecule has 0 heterocycles. The second-order valence-electron chi connectivity index (χ2n) is 15.7. The first-order valence-electron chi connectivity index (χ1n) is 15.3. The van der Waals surface area contributed by atoms with Crippen molar-refractivity contribution in [1.82, 2.24) is 0 Å². The Morgan fingerprint density at radius 2 is 1.56 bits per heavy atom. The summed E-state index contributed by atoms with van der Waals surface area (Å²) in [5.74, 6) is 2.05. The molecular weight excluding hydrogens is 444 g/mol. The van der Waals surface area contributed by atoms with Crippen LogP contribution < -0.4 is 0 Å². The van der Waals surface area contributed by atoms with Crippen molar-refractivity contribution >= 4 is 5.97 Å². The Bertz CT molecular complexity index is 947. The molecule has 0 spiro atoms. The summed E-state index contributed by atoms with van der Waals surface area (Å²) in [7, 11) is 0. The van der Waals surface area contributed by atoms with Crippen molar-refractivity contribution in [2.75, 3.05) is 0 Å². The number of fused-ring (bicyclic) bond motifs is 7. The monoisotopic (exact) mass is 498 g/mol. The van der Waals surface area contributed by atoms with E-state index in [1.54, 1.807) is 11.1 Å². The lowest BCUT2D eigenvalue weighted by molar-refractivity contribution is -0.229. The van der Waals surface area contributed by atoms with Crippen LogP contribution in [-0.2, 0) is 4.79 Å². The van der Waals surface area contributed by atoms with Gasteiger partial charge in [0.25, 0.3) is 0 Å². The van der Waals surface area contributed by atoms with E-state index in [1.165, 1.54) is 57.8 Å². The highest BCUT2D eigenvalue weighted by Crippen LogP contribution is 2.77. The number of hydrogen-bond acceptors (Lipinski definition) is 2. The summed E-state index contributed by atoms with van der Waals surface area (Å²) in [6, 6.07) is 0. The zero-order chi connectivity index (χ0) is 26.5. The average molecular weight is 499 g/mol. The van der Waals surface area contributed by atoms with Gasteiger partial charge in [0.15, 0.2) is 0 Å². The number of hydrogen-bond donors (Lipinski definition) is 2. The zero-order valence-corrected chi connectivity index (χ0v) is 24.5. The molecule has 0 aromatic carbocycles. The van der Waals surface area contributed by atoms with Crippen LogP contribution in [0.25, 0.3) is 0 Å². The molecule has 5 rings (SSSR count). The number of allylic oxidation sites excluding steroid dienone is 2. The maximum absolute atomic E-state index is 11.8. The topological polar surface area (TPSA) is 57.5 Å². The van der Waals surface area contributed by atoms with E-state index in [-0.39, 0.29) is 28.3 Å². The van der Waals surface area contributed by atoms with Crippen LogP contribution in [-0.4, -0.2) is 22.3 Å². The second kappa shape index (κ2) is 8.33. The summed E-state index contributed by atoms with van der Waals surface area (Å²) >= 11 is 0. The van der Waals surface area contributed by atoms with Crippen molar-refractivity contribution in [3.63, 3.8) is 0 Å². The van der Waals surface area contributed by atoms with Gasteiger partial charge < -0.3 is 10.2 Å². The molecule has 3 heteroatoms. The van der Waals surface area contributed by atoms with Crippen LogP contribution in [0.1, 0.15) is 126 Å². The summed E-state index contributed by atoms with van der Waals surface area (Å²) in [5, 5.41) is 20.7. The molecule has 3 nitrogen and oxygen atoms in total. The summed E-state index contributed by atoms with van der Waals surface area (Å²) < 4.78 is 0. The minimum absolute atomic E-state index is 0.00113. The van der Waals surface area contributed by atoms with E-state index >= 15 is 0 Å². The third kappa shape index (κ3) is 3.29. The first-order valence-corrected chi connectivity index (χ1v) is 15.3. The quantitative estimate of drug-likeness (QED) is 0.384. The summed E-state index contributed by atoms with van der Waals surface area (Å²) in [5.41, 5.74) is 4.41. The van der Waals surface area contributed by atoms with E-state index in [1.807, 2.05) is 0 Å². The molecule has 9 unspecified atom stereocenters. The highest BCUT2D eigenvalue weighted by Gasteiger charge is 2.69. The van der Waals surface area contributed by atoms with Gasteiger partial charge >= 0.3 is 5.97 Å². The summed E-state index contributed by atoms with van der Waals surface area (Å²) in [6.07, 6.45) is 12.1. The van der Waals surface area contributed by atoms with Crippen LogP contribution in [0.15, 0.2) is 11.1 Å². The van der Waals surface area contributed by atoms with Gasteiger partial charge in [0.1, 0.15) is 0 Å². The standard InChI is InChI=1S/C33H54O3/c1-20(2)22-11-16-33(21(3)19-27(35)36)18-17-31(7)23(28(22)33)9-10-25-30(6)14-13-26(34)29(4,5)24(30)12-15-32(25,31)8/h20-21,23-26,34H,9-19H2,1-8H3,(H,35,36). The van der Waals surface area contributed by atoms with Crippen molar-refractivity contribution in [1.29, 1.82) is 0 Å². The van der Waals surface area contributed by atoms with Crippen LogP contribution in [0, 0.1) is 56.7 Å². The molecule has 9 atom stereocenters. The third-order valence-electron chi connectivity index (χ3n) is 14.1. The Balaban J connectivity index is 1.57. The van der Waals surface area contributed by atoms with Crippen LogP contribution in [0.2, 0.25) is 0 Å². The molecule has 0 aliphatic heterocycles. The SMILES string of the molecule is CC(C)C1=C2C3CCC4C5(C)CCC(O)C(C)(C)C5CCC4(C)C3(C)CCC2(C(C)CC(=O)O)CC1. The largest absolute Gasteiger partial charge is 0.481 e. The number of carbonyl (C=O) groups is 1. The molecule has 0 bridgehead atoms. The molecule has 4 saturated carbocycles. The second-order valence-corrected chi connectivity index (χ2v) is 15.7. The first kappa shape index (κ1) is 26.8. The van der Waals surface area contributed by atoms with E-state index < -0.39 is 5.97 Å². The number of aliphatic carboxylic acids is 1. The van der Waals surface area contributed by atoms with Gasteiger partial charge in [-0.3, -0.25) is 4.79 Å². The molecule has 0 radical (unpaired) electrons. The lowest BCUT2D eigenvalue weighted by atomic mass is 9.32. The highest BCUT2D eigenvalue weighted by molar-refractivity contribution is 5.67. The van der Waals surface area contributed by atoms with Crippen LogP contribution >= 0.6 is 0 Å². The summed E-state index contributed by atoms with van der Waals surface area (Å²) in [6.45, 7) is 19.6. The molecule has 0 saturated heterocycles. The summed E-state index contributed by atoms with van der Waals surface area (Å²) in [4.78, 5) is 11.8. The smallest absolute Gasteiger partial charge is 0.303 e. The lowest BCUT2D eigenvalue weighted by Crippen LogP contribution is -2.65. The van der Waals surface area contributed by atoms with Gasteiger partial charge in [0.05, 0.1) is 6.10 Å². The number of rotatable bonds is 4. The molecule has 0 amide bonds. The van der Waals surface area contributed by atoms with Gasteiger partial charge in [0.2, 0.25) is 0 Å². The minimum atomic E-state index is -0.633. The zero-order valence-electron chi connectivity index (χ0n) is 24.5. The van der Waals surface area contributed by atoms with E-state index in [2.05, 4.69) is 55.4 Å². The minimum Gasteiger partial charge on any atom is -0.481 e. The maximum atomic E-state index is 11.8. The fourth-order valence-electron chi connectivity index (χ4n) is 11.9. The van der Waals surface area contributed by atoms with E-state index in [9.17, 15) is 15.0 Å². The Kier molecular flexibility index (Phi) is 6.19. The van der Waals surface area contributed by atoms with Gasteiger partial charge in [-0.25, -0.2) is 0 Å². The predicted molar refractivity (Wildman–Crippen MR) is 146 cm³/mol. The number of aliphatic hydroxyl groups is 1. The number of carboxylic acids is 1. The van der Waals surface area contributed by atoms with E-state index in [4.69, 9.17) is 0 Å². The Labute approximate surface area is 220 Å².